The average Bonchev–Trinajstić information content (AvgIpc) is 2.54. The third-order valence-electron chi connectivity index (χ3n) is 3.40. The minimum absolute atomic E-state index is 0.0110. The van der Waals surface area contributed by atoms with E-state index in [2.05, 4.69) is 4.99 Å². The zero-order valence-electron chi connectivity index (χ0n) is 11.7. The van der Waals surface area contributed by atoms with Crippen molar-refractivity contribution in [2.45, 2.75) is 13.0 Å². The number of nitrogens with zero attached hydrogens (tertiary/aromatic N) is 2. The maximum Gasteiger partial charge on any atom is 0.269 e. The maximum atomic E-state index is 11.3. The molecule has 0 saturated heterocycles. The summed E-state index contributed by atoms with van der Waals surface area (Å²) in [7, 11) is 0. The first-order valence-corrected chi connectivity index (χ1v) is 6.64. The number of non-ortho nitro benzene ring substituents is 1. The van der Waals surface area contributed by atoms with Crippen LogP contribution in [0.2, 0.25) is 0 Å². The summed E-state index contributed by atoms with van der Waals surface area (Å²) in [5, 5.41) is 10.7. The standard InChI is InChI=1S/C16H12N2O4/c1-10-2-7-14-13(8-10)15(9-19)22-16(17-14)11-3-5-12(6-4-11)18(20)21/h2-9,15H,1H3. The fourth-order valence-electron chi connectivity index (χ4n) is 2.28. The number of carbonyl (C=O) groups excluding carboxylic acids is 1. The number of hydrogen-bond donors (Lipinski definition) is 0. The largest absolute Gasteiger partial charge is 0.461 e. The fourth-order valence-corrected chi connectivity index (χ4v) is 2.28. The predicted molar refractivity (Wildman–Crippen MR) is 80.4 cm³/mol. The monoisotopic (exact) mass is 296 g/mol. The molecule has 0 amide bonds. The third-order valence-corrected chi connectivity index (χ3v) is 3.40. The van der Waals surface area contributed by atoms with E-state index < -0.39 is 11.0 Å². The van der Waals surface area contributed by atoms with Gasteiger partial charge in [-0.25, -0.2) is 4.99 Å². The van der Waals surface area contributed by atoms with Crippen LogP contribution in [0.1, 0.15) is 22.8 Å². The molecule has 110 valence electrons. The maximum absolute atomic E-state index is 11.3. The Hall–Kier alpha value is -3.02. The van der Waals surface area contributed by atoms with Crippen LogP contribution in [0.15, 0.2) is 47.5 Å². The van der Waals surface area contributed by atoms with Crippen LogP contribution < -0.4 is 0 Å². The summed E-state index contributed by atoms with van der Waals surface area (Å²) in [6.07, 6.45) is -0.00387. The molecule has 1 aliphatic heterocycles. The Bertz CT molecular complexity index is 781. The number of aldehydes is 1. The van der Waals surface area contributed by atoms with Crippen molar-refractivity contribution in [3.05, 3.63) is 69.3 Å². The van der Waals surface area contributed by atoms with Crippen molar-refractivity contribution in [2.24, 2.45) is 4.99 Å². The summed E-state index contributed by atoms with van der Waals surface area (Å²) in [4.78, 5) is 25.9. The van der Waals surface area contributed by atoms with E-state index in [1.54, 1.807) is 12.1 Å². The predicted octanol–water partition coefficient (Wildman–Crippen LogP) is 3.25. The van der Waals surface area contributed by atoms with Crippen LogP contribution in [-0.2, 0) is 9.53 Å². The van der Waals surface area contributed by atoms with Crippen LogP contribution in [-0.4, -0.2) is 17.1 Å². The van der Waals surface area contributed by atoms with Gasteiger partial charge in [-0.05, 0) is 31.2 Å². The zero-order valence-corrected chi connectivity index (χ0v) is 11.7. The SMILES string of the molecule is Cc1ccc2c(c1)C(C=O)OC(c1ccc([N+](=O)[O-])cc1)=N2. The van der Waals surface area contributed by atoms with Crippen LogP contribution in [0.3, 0.4) is 0 Å². The quantitative estimate of drug-likeness (QED) is 0.494. The van der Waals surface area contributed by atoms with Crippen molar-refractivity contribution in [1.29, 1.82) is 0 Å². The molecule has 2 aromatic carbocycles. The second-order valence-electron chi connectivity index (χ2n) is 4.96. The minimum Gasteiger partial charge on any atom is -0.461 e. The number of aryl methyl sites for hydroxylation is 1. The van der Waals surface area contributed by atoms with Gasteiger partial charge in [0.1, 0.15) is 0 Å². The first-order valence-electron chi connectivity index (χ1n) is 6.64. The van der Waals surface area contributed by atoms with Crippen molar-refractivity contribution < 1.29 is 14.5 Å². The third kappa shape index (κ3) is 2.46. The zero-order chi connectivity index (χ0) is 15.7. The summed E-state index contributed by atoms with van der Waals surface area (Å²) in [5.74, 6) is 0.281. The smallest absolute Gasteiger partial charge is 0.269 e. The van der Waals surface area contributed by atoms with E-state index in [0.29, 0.717) is 11.3 Å². The molecule has 3 rings (SSSR count). The number of hydrogen-bond acceptors (Lipinski definition) is 5. The van der Waals surface area contributed by atoms with E-state index in [1.165, 1.54) is 12.1 Å². The van der Waals surface area contributed by atoms with Gasteiger partial charge in [0.05, 0.1) is 10.6 Å². The lowest BCUT2D eigenvalue weighted by Gasteiger charge is -2.22. The van der Waals surface area contributed by atoms with E-state index in [0.717, 1.165) is 17.4 Å². The van der Waals surface area contributed by atoms with Gasteiger partial charge in [-0.15, -0.1) is 0 Å². The van der Waals surface area contributed by atoms with Crippen molar-refractivity contribution >= 4 is 23.6 Å². The fraction of sp³-hybridized carbons (Fsp3) is 0.125. The van der Waals surface area contributed by atoms with E-state index in [1.807, 2.05) is 25.1 Å². The molecule has 6 heteroatoms. The van der Waals surface area contributed by atoms with Gasteiger partial charge in [-0.1, -0.05) is 11.6 Å². The molecule has 0 spiro atoms. The Kier molecular flexibility index (Phi) is 3.42. The molecule has 22 heavy (non-hydrogen) atoms. The first-order chi connectivity index (χ1) is 10.6. The molecule has 1 aliphatic rings. The van der Waals surface area contributed by atoms with Gasteiger partial charge in [-0.3, -0.25) is 14.9 Å². The highest BCUT2D eigenvalue weighted by Crippen LogP contribution is 2.34. The van der Waals surface area contributed by atoms with Gasteiger partial charge < -0.3 is 4.74 Å². The summed E-state index contributed by atoms with van der Waals surface area (Å²) < 4.78 is 5.62. The molecule has 1 unspecified atom stereocenters. The van der Waals surface area contributed by atoms with Gasteiger partial charge in [0.2, 0.25) is 5.90 Å². The summed E-state index contributed by atoms with van der Waals surface area (Å²) in [6, 6.07) is 11.5. The summed E-state index contributed by atoms with van der Waals surface area (Å²) in [5.41, 5.74) is 2.98. The van der Waals surface area contributed by atoms with Crippen LogP contribution in [0, 0.1) is 17.0 Å². The average molecular weight is 296 g/mol. The molecule has 0 radical (unpaired) electrons. The van der Waals surface area contributed by atoms with Crippen LogP contribution in [0.4, 0.5) is 11.4 Å². The van der Waals surface area contributed by atoms with E-state index in [9.17, 15) is 14.9 Å². The number of nitro benzene ring substituents is 1. The van der Waals surface area contributed by atoms with E-state index >= 15 is 0 Å². The molecule has 0 aliphatic carbocycles. The van der Waals surface area contributed by atoms with E-state index in [4.69, 9.17) is 4.74 Å². The number of fused-ring (bicyclic) bond motifs is 1. The van der Waals surface area contributed by atoms with Crippen molar-refractivity contribution in [3.63, 3.8) is 0 Å². The topological polar surface area (TPSA) is 81.8 Å². The normalized spacial score (nSPS) is 16.2. The van der Waals surface area contributed by atoms with E-state index in [-0.39, 0.29) is 11.6 Å². The molecule has 6 nitrogen and oxygen atoms in total. The van der Waals surface area contributed by atoms with Crippen molar-refractivity contribution in [1.82, 2.24) is 0 Å². The van der Waals surface area contributed by atoms with Gasteiger partial charge in [0.15, 0.2) is 12.4 Å². The Labute approximate surface area is 126 Å². The number of nitro groups is 1. The number of carbonyl (C=O) groups is 1. The summed E-state index contributed by atoms with van der Waals surface area (Å²) in [6.45, 7) is 1.93. The second kappa shape index (κ2) is 5.40. The highest BCUT2D eigenvalue weighted by atomic mass is 16.6. The molecular formula is C16H12N2O4. The molecule has 0 fully saturated rings. The lowest BCUT2D eigenvalue weighted by Crippen LogP contribution is -2.18. The lowest BCUT2D eigenvalue weighted by atomic mass is 10.0. The molecule has 1 atom stereocenters. The van der Waals surface area contributed by atoms with Gasteiger partial charge in [0, 0.05) is 23.3 Å². The lowest BCUT2D eigenvalue weighted by molar-refractivity contribution is -0.384. The number of ether oxygens (including phenoxy) is 1. The van der Waals surface area contributed by atoms with Gasteiger partial charge in [-0.2, -0.15) is 0 Å². The van der Waals surface area contributed by atoms with Gasteiger partial charge in [0.25, 0.3) is 5.69 Å². The van der Waals surface area contributed by atoms with Crippen molar-refractivity contribution in [3.8, 4) is 0 Å². The van der Waals surface area contributed by atoms with Gasteiger partial charge >= 0.3 is 0 Å². The second-order valence-corrected chi connectivity index (χ2v) is 4.96. The first kappa shape index (κ1) is 13.9. The number of rotatable bonds is 3. The molecule has 1 heterocycles. The Morgan fingerprint density at radius 1 is 1.23 bits per heavy atom. The summed E-state index contributed by atoms with van der Waals surface area (Å²) >= 11 is 0. The minimum atomic E-state index is -0.724. The molecule has 2 aromatic rings. The molecular weight excluding hydrogens is 284 g/mol. The Balaban J connectivity index is 2.03. The number of benzene rings is 2. The van der Waals surface area contributed by atoms with Crippen LogP contribution >= 0.6 is 0 Å². The molecule has 0 bridgehead atoms. The van der Waals surface area contributed by atoms with Crippen LogP contribution in [0.5, 0.6) is 0 Å². The molecule has 0 saturated carbocycles. The highest BCUT2D eigenvalue weighted by Gasteiger charge is 2.24. The Morgan fingerprint density at radius 3 is 2.59 bits per heavy atom. The molecule has 0 aromatic heterocycles. The highest BCUT2D eigenvalue weighted by molar-refractivity contribution is 5.98. The Morgan fingerprint density at radius 2 is 1.95 bits per heavy atom. The van der Waals surface area contributed by atoms with Crippen LogP contribution in [0.25, 0.3) is 0 Å². The number of aliphatic imine (C=N–C) groups is 1. The van der Waals surface area contributed by atoms with Crippen molar-refractivity contribution in [2.75, 3.05) is 0 Å². The molecule has 0 N–H and O–H groups in total.